The summed E-state index contributed by atoms with van der Waals surface area (Å²) in [4.78, 5) is 12.5. The molecular formula is C10H15FN2O3S. The van der Waals surface area contributed by atoms with Crippen molar-refractivity contribution in [3.8, 4) is 0 Å². The summed E-state index contributed by atoms with van der Waals surface area (Å²) in [5.41, 5.74) is 0. The minimum atomic E-state index is -2.05. The van der Waals surface area contributed by atoms with Crippen molar-refractivity contribution < 1.29 is 19.0 Å². The van der Waals surface area contributed by atoms with E-state index < -0.39 is 18.7 Å². The molecule has 0 saturated carbocycles. The Morgan fingerprint density at radius 3 is 3.00 bits per heavy atom. The van der Waals surface area contributed by atoms with Gasteiger partial charge in [0.15, 0.2) is 0 Å². The number of rotatable bonds is 5. The highest BCUT2D eigenvalue weighted by Gasteiger charge is 2.41. The molecule has 7 heteroatoms. The van der Waals surface area contributed by atoms with Crippen LogP contribution in [0.15, 0.2) is 12.3 Å². The fraction of sp³-hybridized carbons (Fsp3) is 0.600. The van der Waals surface area contributed by atoms with Gasteiger partial charge in [-0.15, -0.1) is 0 Å². The summed E-state index contributed by atoms with van der Waals surface area (Å²) in [6, 6.07) is 0. The molecule has 0 radical (unpaired) electrons. The summed E-state index contributed by atoms with van der Waals surface area (Å²) in [5.74, 6) is -2.05. The molecular weight excluding hydrogens is 247 g/mol. The van der Waals surface area contributed by atoms with E-state index in [0.29, 0.717) is 17.8 Å². The van der Waals surface area contributed by atoms with Gasteiger partial charge < -0.3 is 15.2 Å². The molecule has 17 heavy (non-hydrogen) atoms. The van der Waals surface area contributed by atoms with E-state index in [1.165, 1.54) is 17.2 Å². The molecule has 2 unspecified atom stereocenters. The number of carbonyl (C=O) groups excluding carboxylic acids is 1. The first-order chi connectivity index (χ1) is 8.04. The molecule has 1 aliphatic rings. The smallest absolute Gasteiger partial charge is 0.234 e. The fourth-order valence-electron chi connectivity index (χ4n) is 1.46. The first-order valence-electron chi connectivity index (χ1n) is 5.15. The van der Waals surface area contributed by atoms with Gasteiger partial charge in [-0.25, -0.2) is 4.39 Å². The van der Waals surface area contributed by atoms with Crippen LogP contribution in [0.4, 0.5) is 4.39 Å². The van der Waals surface area contributed by atoms with Crippen molar-refractivity contribution in [1.29, 1.82) is 0 Å². The van der Waals surface area contributed by atoms with Gasteiger partial charge in [-0.05, 0) is 12.5 Å². The maximum absolute atomic E-state index is 13.6. The first kappa shape index (κ1) is 14.0. The molecule has 1 saturated heterocycles. The van der Waals surface area contributed by atoms with E-state index in [2.05, 4.69) is 5.32 Å². The van der Waals surface area contributed by atoms with Crippen molar-refractivity contribution in [3.63, 3.8) is 0 Å². The van der Waals surface area contributed by atoms with E-state index in [1.807, 2.05) is 0 Å². The summed E-state index contributed by atoms with van der Waals surface area (Å²) < 4.78 is 18.6. The number of aliphatic hydroxyl groups excluding tert-OH is 1. The largest absolute Gasteiger partial charge is 0.390 e. The van der Waals surface area contributed by atoms with Gasteiger partial charge in [0.1, 0.15) is 12.8 Å². The number of hydrogen-bond donors (Lipinski definition) is 2. The number of alkyl halides is 1. The lowest BCUT2D eigenvalue weighted by molar-refractivity contribution is -0.184. The molecule has 2 N–H and O–H groups in total. The lowest BCUT2D eigenvalue weighted by atomic mass is 10.2. The number of nitrogens with one attached hydrogen (secondary N) is 1. The third kappa shape index (κ3) is 3.72. The van der Waals surface area contributed by atoms with E-state index in [9.17, 15) is 9.18 Å². The maximum Gasteiger partial charge on any atom is 0.234 e. The van der Waals surface area contributed by atoms with Crippen LogP contribution in [-0.4, -0.2) is 47.1 Å². The highest BCUT2D eigenvalue weighted by atomic mass is 32.1. The van der Waals surface area contributed by atoms with Gasteiger partial charge in [-0.3, -0.25) is 9.69 Å². The first-order valence-corrected chi connectivity index (χ1v) is 5.56. The predicted molar refractivity (Wildman–Crippen MR) is 63.7 cm³/mol. The quantitative estimate of drug-likeness (QED) is 0.424. The average molecular weight is 262 g/mol. The number of aliphatic hydroxyl groups is 1. The van der Waals surface area contributed by atoms with Gasteiger partial charge in [0, 0.05) is 19.7 Å². The molecule has 2 atom stereocenters. The van der Waals surface area contributed by atoms with Crippen molar-refractivity contribution in [2.24, 2.45) is 0 Å². The van der Waals surface area contributed by atoms with Crippen molar-refractivity contribution in [2.75, 3.05) is 13.7 Å². The predicted octanol–water partition coefficient (Wildman–Crippen LogP) is 0.300. The van der Waals surface area contributed by atoms with Gasteiger partial charge in [0.2, 0.25) is 12.3 Å². The fourth-order valence-corrected chi connectivity index (χ4v) is 1.52. The molecule has 0 spiro atoms. The van der Waals surface area contributed by atoms with Gasteiger partial charge in [0.25, 0.3) is 0 Å². The molecule has 0 bridgehead atoms. The third-order valence-corrected chi connectivity index (χ3v) is 2.79. The molecule has 1 fully saturated rings. The van der Waals surface area contributed by atoms with E-state index in [1.54, 1.807) is 7.05 Å². The average Bonchev–Trinajstić information content (AvgIpc) is 2.73. The highest BCUT2D eigenvalue weighted by Crippen LogP contribution is 2.32. The second-order valence-electron chi connectivity index (χ2n) is 3.63. The van der Waals surface area contributed by atoms with E-state index in [-0.39, 0.29) is 6.42 Å². The number of hydrogen-bond acceptors (Lipinski definition) is 4. The summed E-state index contributed by atoms with van der Waals surface area (Å²) in [5, 5.41) is 11.5. The summed E-state index contributed by atoms with van der Waals surface area (Å²) in [7, 11) is 1.66. The molecule has 96 valence electrons. The van der Waals surface area contributed by atoms with Crippen LogP contribution in [0.1, 0.15) is 12.8 Å². The van der Waals surface area contributed by atoms with Crippen LogP contribution in [0.5, 0.6) is 0 Å². The Labute approximate surface area is 104 Å². The topological polar surface area (TPSA) is 61.8 Å². The van der Waals surface area contributed by atoms with Gasteiger partial charge in [0.05, 0.1) is 4.99 Å². The molecule has 0 aliphatic carbocycles. The van der Waals surface area contributed by atoms with Crippen LogP contribution < -0.4 is 5.32 Å². The number of amides is 1. The highest BCUT2D eigenvalue weighted by molar-refractivity contribution is 7.80. The Hall–Kier alpha value is -1.05. The van der Waals surface area contributed by atoms with Crippen molar-refractivity contribution in [3.05, 3.63) is 12.3 Å². The van der Waals surface area contributed by atoms with Gasteiger partial charge in [-0.2, -0.15) is 0 Å². The van der Waals surface area contributed by atoms with Crippen LogP contribution in [0.3, 0.4) is 0 Å². The molecule has 5 nitrogen and oxygen atoms in total. The van der Waals surface area contributed by atoms with Crippen LogP contribution >= 0.6 is 12.2 Å². The lowest BCUT2D eigenvalue weighted by Crippen LogP contribution is -2.34. The van der Waals surface area contributed by atoms with E-state index >= 15 is 0 Å². The molecule has 0 aromatic heterocycles. The molecule has 1 amide bonds. The normalized spacial score (nSPS) is 28.3. The molecule has 1 aliphatic heterocycles. The minimum absolute atomic E-state index is 0.0584. The zero-order chi connectivity index (χ0) is 12.9. The zero-order valence-corrected chi connectivity index (χ0v) is 10.2. The SMILES string of the molecule is CNC(=S)/C=C\N(C=O)C1CCC(F)(CO)O1. The van der Waals surface area contributed by atoms with Crippen LogP contribution in [0, 0.1) is 0 Å². The maximum atomic E-state index is 13.6. The number of nitrogens with zero attached hydrogens (tertiary/aromatic N) is 1. The van der Waals surface area contributed by atoms with Crippen LogP contribution in [0.2, 0.25) is 0 Å². The second-order valence-corrected chi connectivity index (χ2v) is 4.07. The van der Waals surface area contributed by atoms with Crippen LogP contribution in [-0.2, 0) is 9.53 Å². The Balaban J connectivity index is 2.61. The number of ether oxygens (including phenoxy) is 1. The van der Waals surface area contributed by atoms with Gasteiger partial charge >= 0.3 is 0 Å². The Bertz CT molecular complexity index is 327. The molecule has 1 heterocycles. The van der Waals surface area contributed by atoms with E-state index in [0.717, 1.165) is 0 Å². The third-order valence-electron chi connectivity index (χ3n) is 2.45. The number of halogens is 1. The summed E-state index contributed by atoms with van der Waals surface area (Å²) >= 11 is 4.87. The number of carbonyl (C=O) groups is 1. The second kappa shape index (κ2) is 6.04. The number of likely N-dealkylation sites (N-methyl/N-ethyl adjacent to an activating group) is 1. The lowest BCUT2D eigenvalue weighted by Gasteiger charge is -2.23. The Morgan fingerprint density at radius 2 is 2.53 bits per heavy atom. The van der Waals surface area contributed by atoms with Gasteiger partial charge in [-0.1, -0.05) is 12.2 Å². The summed E-state index contributed by atoms with van der Waals surface area (Å²) in [6.07, 6.45) is 3.13. The Kier molecular flexibility index (Phi) is 4.98. The van der Waals surface area contributed by atoms with Crippen molar-refractivity contribution in [1.82, 2.24) is 10.2 Å². The molecule has 1 rings (SSSR count). The Morgan fingerprint density at radius 1 is 1.82 bits per heavy atom. The molecule has 0 aromatic rings. The molecule has 0 aromatic carbocycles. The van der Waals surface area contributed by atoms with Crippen LogP contribution in [0.25, 0.3) is 0 Å². The van der Waals surface area contributed by atoms with E-state index in [4.69, 9.17) is 22.1 Å². The minimum Gasteiger partial charge on any atom is -0.390 e. The zero-order valence-electron chi connectivity index (χ0n) is 9.43. The standard InChI is InChI=1S/C10H15FN2O3S/c1-12-8(17)3-5-13(7-15)9-2-4-10(11,6-14)16-9/h3,5,7,9,14H,2,4,6H2,1H3,(H,12,17)/b5-3-. The van der Waals surface area contributed by atoms with Crippen molar-refractivity contribution in [2.45, 2.75) is 24.9 Å². The summed E-state index contributed by atoms with van der Waals surface area (Å²) in [6.45, 7) is -0.713. The number of thiocarbonyl (C=S) groups is 1. The monoisotopic (exact) mass is 262 g/mol. The van der Waals surface area contributed by atoms with Crippen molar-refractivity contribution >= 4 is 23.6 Å².